The number of benzene rings is 1. The summed E-state index contributed by atoms with van der Waals surface area (Å²) in [5.74, 6) is -1.60. The number of rotatable bonds is 5. The van der Waals surface area contributed by atoms with Crippen molar-refractivity contribution in [1.82, 2.24) is 4.90 Å². The van der Waals surface area contributed by atoms with Gasteiger partial charge in [-0.2, -0.15) is 0 Å². The first-order valence-electron chi connectivity index (χ1n) is 7.27. The van der Waals surface area contributed by atoms with E-state index >= 15 is 0 Å². The van der Waals surface area contributed by atoms with Crippen molar-refractivity contribution < 1.29 is 19.1 Å². The van der Waals surface area contributed by atoms with Gasteiger partial charge in [0.15, 0.2) is 0 Å². The van der Waals surface area contributed by atoms with Gasteiger partial charge in [-0.25, -0.2) is 4.39 Å². The predicted molar refractivity (Wildman–Crippen MR) is 76.4 cm³/mol. The highest BCUT2D eigenvalue weighted by Gasteiger charge is 2.45. The van der Waals surface area contributed by atoms with Gasteiger partial charge < -0.3 is 10.0 Å². The molecule has 1 aliphatic rings. The largest absolute Gasteiger partial charge is 0.480 e. The van der Waals surface area contributed by atoms with E-state index in [0.717, 1.165) is 12.8 Å². The van der Waals surface area contributed by atoms with Crippen molar-refractivity contribution in [1.29, 1.82) is 0 Å². The smallest absolute Gasteiger partial charge is 0.323 e. The zero-order valence-corrected chi connectivity index (χ0v) is 12.1. The van der Waals surface area contributed by atoms with Crippen LogP contribution in [0.1, 0.15) is 38.2 Å². The Morgan fingerprint density at radius 1 is 1.33 bits per heavy atom. The van der Waals surface area contributed by atoms with E-state index in [2.05, 4.69) is 0 Å². The lowest BCUT2D eigenvalue weighted by molar-refractivity contribution is -0.147. The average Bonchev–Trinajstić information content (AvgIpc) is 2.94. The van der Waals surface area contributed by atoms with Crippen molar-refractivity contribution in [3.8, 4) is 0 Å². The molecule has 1 aromatic carbocycles. The summed E-state index contributed by atoms with van der Waals surface area (Å²) in [6.07, 6.45) is 3.08. The first-order valence-corrected chi connectivity index (χ1v) is 7.27. The number of likely N-dealkylation sites (N-methyl/N-ethyl adjacent to an activating group) is 1. The lowest BCUT2D eigenvalue weighted by atomic mass is 9.77. The molecule has 0 radical (unpaired) electrons. The molecule has 1 N–H and O–H groups in total. The highest BCUT2D eigenvalue weighted by molar-refractivity contribution is 5.90. The minimum absolute atomic E-state index is 0.199. The standard InChI is InChI=1S/C16H20FNO3/c1-2-18(11-14(19)20)15(21)16(8-3-4-9-16)12-6-5-7-13(17)10-12/h5-7,10H,2-4,8-9,11H2,1H3,(H,19,20). The highest BCUT2D eigenvalue weighted by Crippen LogP contribution is 2.42. The van der Waals surface area contributed by atoms with Crippen LogP contribution in [0, 0.1) is 5.82 Å². The number of halogens is 1. The lowest BCUT2D eigenvalue weighted by Gasteiger charge is -2.33. The molecule has 2 rings (SSSR count). The topological polar surface area (TPSA) is 57.6 Å². The number of carbonyl (C=O) groups is 2. The van der Waals surface area contributed by atoms with E-state index in [4.69, 9.17) is 5.11 Å². The Labute approximate surface area is 123 Å². The third-order valence-corrected chi connectivity index (χ3v) is 4.24. The Hall–Kier alpha value is -1.91. The molecule has 1 amide bonds. The van der Waals surface area contributed by atoms with Crippen LogP contribution in [0.15, 0.2) is 24.3 Å². The number of amides is 1. The van der Waals surface area contributed by atoms with Crippen LogP contribution in [0.2, 0.25) is 0 Å². The van der Waals surface area contributed by atoms with Gasteiger partial charge in [-0.3, -0.25) is 9.59 Å². The molecule has 1 aromatic rings. The van der Waals surface area contributed by atoms with Gasteiger partial charge in [-0.05, 0) is 37.5 Å². The van der Waals surface area contributed by atoms with Gasteiger partial charge in [0.25, 0.3) is 0 Å². The summed E-state index contributed by atoms with van der Waals surface area (Å²) in [5.41, 5.74) is -0.109. The molecule has 21 heavy (non-hydrogen) atoms. The highest BCUT2D eigenvalue weighted by atomic mass is 19.1. The van der Waals surface area contributed by atoms with Gasteiger partial charge in [-0.15, -0.1) is 0 Å². The van der Waals surface area contributed by atoms with Crippen molar-refractivity contribution in [2.75, 3.05) is 13.1 Å². The second-order valence-electron chi connectivity index (χ2n) is 5.51. The van der Waals surface area contributed by atoms with Gasteiger partial charge in [0.05, 0.1) is 5.41 Å². The van der Waals surface area contributed by atoms with Crippen molar-refractivity contribution >= 4 is 11.9 Å². The molecule has 1 aliphatic carbocycles. The number of carbonyl (C=O) groups excluding carboxylic acids is 1. The second-order valence-corrected chi connectivity index (χ2v) is 5.51. The maximum atomic E-state index is 13.5. The van der Waals surface area contributed by atoms with Crippen LogP contribution in [0.3, 0.4) is 0 Å². The van der Waals surface area contributed by atoms with Crippen molar-refractivity contribution in [2.24, 2.45) is 0 Å². The normalized spacial score (nSPS) is 16.7. The molecule has 0 saturated heterocycles. The Bertz CT molecular complexity index is 538. The van der Waals surface area contributed by atoms with Crippen LogP contribution < -0.4 is 0 Å². The molecule has 0 aromatic heterocycles. The molecular weight excluding hydrogens is 273 g/mol. The molecule has 4 nitrogen and oxygen atoms in total. The molecule has 0 unspecified atom stereocenters. The number of carboxylic acid groups (broad SMARTS) is 1. The summed E-state index contributed by atoms with van der Waals surface area (Å²) in [7, 11) is 0. The fourth-order valence-corrected chi connectivity index (χ4v) is 3.18. The van der Waals surface area contributed by atoms with Crippen LogP contribution >= 0.6 is 0 Å². The summed E-state index contributed by atoms with van der Waals surface area (Å²) >= 11 is 0. The Morgan fingerprint density at radius 2 is 2.00 bits per heavy atom. The zero-order valence-electron chi connectivity index (χ0n) is 12.1. The molecule has 1 fully saturated rings. The molecule has 0 aliphatic heterocycles. The zero-order chi connectivity index (χ0) is 15.5. The molecule has 0 bridgehead atoms. The third-order valence-electron chi connectivity index (χ3n) is 4.24. The molecule has 0 spiro atoms. The minimum atomic E-state index is -1.03. The number of carboxylic acids is 1. The number of aliphatic carboxylic acids is 1. The predicted octanol–water partition coefficient (Wildman–Crippen LogP) is 2.57. The monoisotopic (exact) mass is 293 g/mol. The maximum absolute atomic E-state index is 13.5. The fourth-order valence-electron chi connectivity index (χ4n) is 3.18. The van der Waals surface area contributed by atoms with Crippen LogP contribution in [0.25, 0.3) is 0 Å². The Morgan fingerprint density at radius 3 is 2.52 bits per heavy atom. The van der Waals surface area contributed by atoms with Gasteiger partial charge in [-0.1, -0.05) is 25.0 Å². The van der Waals surface area contributed by atoms with Gasteiger partial charge >= 0.3 is 5.97 Å². The lowest BCUT2D eigenvalue weighted by Crippen LogP contribution is -2.47. The number of hydrogen-bond donors (Lipinski definition) is 1. The molecule has 5 heteroatoms. The van der Waals surface area contributed by atoms with E-state index in [0.29, 0.717) is 24.9 Å². The third kappa shape index (κ3) is 3.06. The summed E-state index contributed by atoms with van der Waals surface area (Å²) in [4.78, 5) is 25.2. The van der Waals surface area contributed by atoms with E-state index in [1.54, 1.807) is 19.1 Å². The van der Waals surface area contributed by atoms with E-state index in [9.17, 15) is 14.0 Å². The summed E-state index contributed by atoms with van der Waals surface area (Å²) in [6, 6.07) is 6.12. The van der Waals surface area contributed by atoms with Crippen molar-refractivity contribution in [3.63, 3.8) is 0 Å². The van der Waals surface area contributed by atoms with Gasteiger partial charge in [0.1, 0.15) is 12.4 Å². The summed E-state index contributed by atoms with van der Waals surface area (Å²) in [5, 5.41) is 8.95. The SMILES string of the molecule is CCN(CC(=O)O)C(=O)C1(c2cccc(F)c2)CCCC1. The molecular formula is C16H20FNO3. The van der Waals surface area contributed by atoms with E-state index in [1.807, 2.05) is 0 Å². The van der Waals surface area contributed by atoms with Crippen LogP contribution in [-0.2, 0) is 15.0 Å². The first-order chi connectivity index (χ1) is 9.99. The van der Waals surface area contributed by atoms with Crippen LogP contribution in [0.5, 0.6) is 0 Å². The van der Waals surface area contributed by atoms with Crippen molar-refractivity contribution in [2.45, 2.75) is 38.0 Å². The quantitative estimate of drug-likeness (QED) is 0.907. The van der Waals surface area contributed by atoms with Crippen molar-refractivity contribution in [3.05, 3.63) is 35.6 Å². The molecule has 1 saturated carbocycles. The summed E-state index contributed by atoms with van der Waals surface area (Å²) in [6.45, 7) is 1.78. The first kappa shape index (κ1) is 15.5. The maximum Gasteiger partial charge on any atom is 0.323 e. The number of hydrogen-bond acceptors (Lipinski definition) is 2. The Balaban J connectivity index is 2.37. The van der Waals surface area contributed by atoms with Crippen LogP contribution in [-0.4, -0.2) is 35.0 Å². The van der Waals surface area contributed by atoms with Crippen LogP contribution in [0.4, 0.5) is 4.39 Å². The average molecular weight is 293 g/mol. The molecule has 114 valence electrons. The van der Waals surface area contributed by atoms with E-state index in [1.165, 1.54) is 17.0 Å². The molecule has 0 atom stereocenters. The Kier molecular flexibility index (Phi) is 4.60. The summed E-state index contributed by atoms with van der Waals surface area (Å²) < 4.78 is 13.5. The fraction of sp³-hybridized carbons (Fsp3) is 0.500. The second kappa shape index (κ2) is 6.24. The van der Waals surface area contributed by atoms with Gasteiger partial charge in [0, 0.05) is 6.54 Å². The minimum Gasteiger partial charge on any atom is -0.480 e. The van der Waals surface area contributed by atoms with Gasteiger partial charge in [0.2, 0.25) is 5.91 Å². The van der Waals surface area contributed by atoms with E-state index in [-0.39, 0.29) is 18.3 Å². The van der Waals surface area contributed by atoms with E-state index < -0.39 is 11.4 Å². The number of nitrogens with zero attached hydrogens (tertiary/aromatic N) is 1. The molecule has 0 heterocycles.